The topological polar surface area (TPSA) is 29.5 Å². The molecule has 0 aromatic heterocycles. The molecular weight excluding hydrogens is 214 g/mol. The fraction of sp³-hybridized carbons (Fsp3) is 0.500. The zero-order valence-corrected chi connectivity index (χ0v) is 10.9. The van der Waals surface area contributed by atoms with Crippen LogP contribution in [0, 0.1) is 0 Å². The van der Waals surface area contributed by atoms with Crippen molar-refractivity contribution in [1.82, 2.24) is 4.90 Å². The summed E-state index contributed by atoms with van der Waals surface area (Å²) in [5, 5.41) is 0. The normalized spacial score (nSPS) is 10.6. The lowest BCUT2D eigenvalue weighted by Crippen LogP contribution is -2.16. The van der Waals surface area contributed by atoms with Crippen LogP contribution in [0.3, 0.4) is 0 Å². The molecule has 0 aliphatic carbocycles. The maximum Gasteiger partial charge on any atom is 0.134 e. The molecule has 0 atom stereocenters. The first-order valence-electron chi connectivity index (χ1n) is 5.91. The molecule has 3 nitrogen and oxygen atoms in total. The van der Waals surface area contributed by atoms with Crippen molar-refractivity contribution in [1.29, 1.82) is 0 Å². The zero-order chi connectivity index (χ0) is 12.7. The second-order valence-corrected chi connectivity index (χ2v) is 4.44. The number of carbonyl (C=O) groups is 1. The Labute approximate surface area is 103 Å². The summed E-state index contributed by atoms with van der Waals surface area (Å²) in [7, 11) is 5.62. The third-order valence-corrected chi connectivity index (χ3v) is 2.69. The van der Waals surface area contributed by atoms with Gasteiger partial charge in [0.25, 0.3) is 0 Å². The maximum absolute atomic E-state index is 11.6. The molecule has 0 fully saturated rings. The molecule has 3 heteroatoms. The summed E-state index contributed by atoms with van der Waals surface area (Å²) >= 11 is 0. The van der Waals surface area contributed by atoms with Gasteiger partial charge in [0.2, 0.25) is 0 Å². The van der Waals surface area contributed by atoms with Crippen molar-refractivity contribution in [3.63, 3.8) is 0 Å². The van der Waals surface area contributed by atoms with Crippen LogP contribution in [0.1, 0.15) is 18.4 Å². The summed E-state index contributed by atoms with van der Waals surface area (Å²) in [4.78, 5) is 13.6. The van der Waals surface area contributed by atoms with Gasteiger partial charge in [-0.1, -0.05) is 12.1 Å². The van der Waals surface area contributed by atoms with E-state index in [2.05, 4.69) is 0 Å². The third kappa shape index (κ3) is 5.50. The predicted octanol–water partition coefficient (Wildman–Crippen LogP) is 2.15. The number of rotatable bonds is 7. The van der Waals surface area contributed by atoms with Gasteiger partial charge in [0.05, 0.1) is 7.11 Å². The maximum atomic E-state index is 11.6. The summed E-state index contributed by atoms with van der Waals surface area (Å²) in [6.45, 7) is 0.835. The molecule has 0 heterocycles. The van der Waals surface area contributed by atoms with E-state index < -0.39 is 0 Å². The van der Waals surface area contributed by atoms with Gasteiger partial charge < -0.3 is 9.64 Å². The number of methoxy groups -OCH3 is 1. The molecule has 0 aliphatic heterocycles. The zero-order valence-electron chi connectivity index (χ0n) is 10.9. The second-order valence-electron chi connectivity index (χ2n) is 4.44. The smallest absolute Gasteiger partial charge is 0.134 e. The Morgan fingerprint density at radius 2 is 1.82 bits per heavy atom. The summed E-state index contributed by atoms with van der Waals surface area (Å²) in [5.41, 5.74) is 1.18. The molecule has 0 saturated carbocycles. The van der Waals surface area contributed by atoms with Crippen LogP contribution >= 0.6 is 0 Å². The molecule has 0 spiro atoms. The Hall–Kier alpha value is -1.35. The van der Waals surface area contributed by atoms with Gasteiger partial charge in [-0.05, 0) is 38.2 Å². The van der Waals surface area contributed by atoms with E-state index in [1.54, 1.807) is 7.11 Å². The summed E-state index contributed by atoms with van der Waals surface area (Å²) < 4.78 is 5.09. The quantitative estimate of drug-likeness (QED) is 0.725. The lowest BCUT2D eigenvalue weighted by atomic mass is 10.1. The van der Waals surface area contributed by atoms with Gasteiger partial charge >= 0.3 is 0 Å². The molecule has 0 saturated heterocycles. The number of hydrogen-bond acceptors (Lipinski definition) is 3. The highest BCUT2D eigenvalue weighted by atomic mass is 16.5. The highest BCUT2D eigenvalue weighted by molar-refractivity contribution is 5.78. The van der Waals surface area contributed by atoms with Crippen LogP contribution in [0.25, 0.3) is 0 Å². The first kappa shape index (κ1) is 13.7. The van der Waals surface area contributed by atoms with Gasteiger partial charge in [0.1, 0.15) is 11.5 Å². The highest BCUT2D eigenvalue weighted by Gasteiger charge is 2.03. The van der Waals surface area contributed by atoms with Crippen LogP contribution in [0.5, 0.6) is 5.75 Å². The fourth-order valence-electron chi connectivity index (χ4n) is 1.55. The van der Waals surface area contributed by atoms with E-state index in [1.165, 1.54) is 5.56 Å². The lowest BCUT2D eigenvalue weighted by Gasteiger charge is -2.08. The molecule has 0 N–H and O–H groups in total. The minimum absolute atomic E-state index is 0.328. The van der Waals surface area contributed by atoms with Crippen molar-refractivity contribution in [3.05, 3.63) is 29.8 Å². The molecule has 1 rings (SSSR count). The van der Waals surface area contributed by atoms with Gasteiger partial charge in [-0.15, -0.1) is 0 Å². The van der Waals surface area contributed by atoms with Gasteiger partial charge in [0.15, 0.2) is 0 Å². The van der Waals surface area contributed by atoms with Crippen molar-refractivity contribution in [2.45, 2.75) is 19.3 Å². The predicted molar refractivity (Wildman–Crippen MR) is 69.5 cm³/mol. The molecule has 1 aromatic carbocycles. The molecular formula is C14H21NO2. The second kappa shape index (κ2) is 7.07. The number of aryl methyl sites for hydroxylation is 1. The van der Waals surface area contributed by atoms with Crippen molar-refractivity contribution in [3.8, 4) is 5.75 Å². The molecule has 94 valence electrons. The van der Waals surface area contributed by atoms with E-state index in [0.717, 1.165) is 18.7 Å². The summed E-state index contributed by atoms with van der Waals surface area (Å²) in [6.07, 6.45) is 2.08. The van der Waals surface area contributed by atoms with E-state index in [9.17, 15) is 4.79 Å². The van der Waals surface area contributed by atoms with Crippen LogP contribution in [0.4, 0.5) is 0 Å². The van der Waals surface area contributed by atoms with E-state index in [-0.39, 0.29) is 0 Å². The van der Waals surface area contributed by atoms with Crippen LogP contribution in [0.15, 0.2) is 24.3 Å². The molecule has 0 bridgehead atoms. The van der Waals surface area contributed by atoms with E-state index in [0.29, 0.717) is 18.6 Å². The average molecular weight is 235 g/mol. The summed E-state index contributed by atoms with van der Waals surface area (Å²) in [5.74, 6) is 1.18. The van der Waals surface area contributed by atoms with Gasteiger partial charge in [-0.2, -0.15) is 0 Å². The largest absolute Gasteiger partial charge is 0.497 e. The number of nitrogens with zero attached hydrogens (tertiary/aromatic N) is 1. The lowest BCUT2D eigenvalue weighted by molar-refractivity contribution is -0.119. The molecule has 1 aromatic rings. The van der Waals surface area contributed by atoms with Crippen LogP contribution in [-0.2, 0) is 11.2 Å². The standard InChI is InChI=1S/C14H21NO2/c1-15(2)11-10-13(16)7-4-12-5-8-14(17-3)9-6-12/h5-6,8-9H,4,7,10-11H2,1-3H3. The Kier molecular flexibility index (Phi) is 5.70. The number of carbonyl (C=O) groups excluding carboxylic acids is 1. The average Bonchev–Trinajstić information content (AvgIpc) is 2.34. The van der Waals surface area contributed by atoms with Gasteiger partial charge in [-0.3, -0.25) is 4.79 Å². The first-order valence-corrected chi connectivity index (χ1v) is 5.91. The van der Waals surface area contributed by atoms with E-state index in [1.807, 2.05) is 43.3 Å². The van der Waals surface area contributed by atoms with Crippen molar-refractivity contribution in [2.24, 2.45) is 0 Å². The van der Waals surface area contributed by atoms with Crippen LogP contribution in [0.2, 0.25) is 0 Å². The van der Waals surface area contributed by atoms with Crippen molar-refractivity contribution in [2.75, 3.05) is 27.7 Å². The Balaban J connectivity index is 2.31. The Bertz CT molecular complexity index is 344. The molecule has 0 aliphatic rings. The van der Waals surface area contributed by atoms with Crippen LogP contribution < -0.4 is 4.74 Å². The van der Waals surface area contributed by atoms with Crippen molar-refractivity contribution >= 4 is 5.78 Å². The number of ether oxygens (including phenoxy) is 1. The molecule has 0 amide bonds. The number of ketones is 1. The first-order chi connectivity index (χ1) is 8.11. The number of hydrogen-bond donors (Lipinski definition) is 0. The van der Waals surface area contributed by atoms with E-state index in [4.69, 9.17) is 4.74 Å². The monoisotopic (exact) mass is 235 g/mol. The Morgan fingerprint density at radius 3 is 2.35 bits per heavy atom. The summed E-state index contributed by atoms with van der Waals surface area (Å²) in [6, 6.07) is 7.88. The third-order valence-electron chi connectivity index (χ3n) is 2.69. The van der Waals surface area contributed by atoms with Gasteiger partial charge in [0, 0.05) is 19.4 Å². The van der Waals surface area contributed by atoms with Crippen molar-refractivity contribution < 1.29 is 9.53 Å². The minimum atomic E-state index is 0.328. The van der Waals surface area contributed by atoms with Gasteiger partial charge in [-0.25, -0.2) is 0 Å². The Morgan fingerprint density at radius 1 is 1.18 bits per heavy atom. The highest BCUT2D eigenvalue weighted by Crippen LogP contribution is 2.12. The number of benzene rings is 1. The van der Waals surface area contributed by atoms with Crippen LogP contribution in [-0.4, -0.2) is 38.4 Å². The molecule has 0 unspecified atom stereocenters. The SMILES string of the molecule is COc1ccc(CCC(=O)CCN(C)C)cc1. The fourth-order valence-corrected chi connectivity index (χ4v) is 1.55. The minimum Gasteiger partial charge on any atom is -0.497 e. The van der Waals surface area contributed by atoms with E-state index >= 15 is 0 Å². The molecule has 0 radical (unpaired) electrons. The number of Topliss-reactive ketones (excluding diaryl/α,β-unsaturated/α-hetero) is 1. The molecule has 17 heavy (non-hydrogen) atoms.